The van der Waals surface area contributed by atoms with Crippen LogP contribution in [0, 0.1) is 6.92 Å². The van der Waals surface area contributed by atoms with Crippen LogP contribution in [0.25, 0.3) is 0 Å². The molecule has 27 heavy (non-hydrogen) atoms. The molecule has 0 amide bonds. The molecule has 0 saturated carbocycles. The first kappa shape index (κ1) is 20.0. The highest BCUT2D eigenvalue weighted by molar-refractivity contribution is 5.35. The van der Waals surface area contributed by atoms with E-state index >= 15 is 0 Å². The summed E-state index contributed by atoms with van der Waals surface area (Å²) in [6.07, 6.45) is 2.50. The summed E-state index contributed by atoms with van der Waals surface area (Å²) in [6, 6.07) is 18.6. The summed E-state index contributed by atoms with van der Waals surface area (Å²) in [5.74, 6) is 0. The first-order chi connectivity index (χ1) is 13.2. The zero-order chi connectivity index (χ0) is 19.1. The summed E-state index contributed by atoms with van der Waals surface area (Å²) in [6.45, 7) is 3.99. The Bertz CT molecular complexity index is 691. The average molecular weight is 370 g/mol. The van der Waals surface area contributed by atoms with Crippen molar-refractivity contribution in [2.45, 2.75) is 44.4 Å². The summed E-state index contributed by atoms with van der Waals surface area (Å²) in [7, 11) is 0. The maximum atomic E-state index is 10.6. The second kappa shape index (κ2) is 10.00. The quantitative estimate of drug-likeness (QED) is 0.750. The highest BCUT2D eigenvalue weighted by Crippen LogP contribution is 2.28. The van der Waals surface area contributed by atoms with Crippen LogP contribution in [0.4, 0.5) is 0 Å². The third-order valence-corrected chi connectivity index (χ3v) is 5.43. The topological polar surface area (TPSA) is 52.9 Å². The van der Waals surface area contributed by atoms with Gasteiger partial charge < -0.3 is 14.9 Å². The Morgan fingerprint density at radius 2 is 1.81 bits per heavy atom. The van der Waals surface area contributed by atoms with Gasteiger partial charge in [-0.3, -0.25) is 4.90 Å². The molecule has 0 spiro atoms. The SMILES string of the molecule is Cc1ccccc1[C@@H](OC[C@H](O)CN1CCCC[C@@H]1CO)c1ccccc1. The van der Waals surface area contributed by atoms with Crippen molar-refractivity contribution in [2.24, 2.45) is 0 Å². The van der Waals surface area contributed by atoms with E-state index in [4.69, 9.17) is 4.74 Å². The number of piperidine rings is 1. The van der Waals surface area contributed by atoms with Crippen LogP contribution in [0.1, 0.15) is 42.1 Å². The second-order valence-electron chi connectivity index (χ2n) is 7.46. The van der Waals surface area contributed by atoms with E-state index in [1.54, 1.807) is 0 Å². The monoisotopic (exact) mass is 369 g/mol. The van der Waals surface area contributed by atoms with Crippen molar-refractivity contribution in [1.29, 1.82) is 0 Å². The fraction of sp³-hybridized carbons (Fsp3) is 0.478. The first-order valence-corrected chi connectivity index (χ1v) is 9.94. The fourth-order valence-corrected chi connectivity index (χ4v) is 3.91. The summed E-state index contributed by atoms with van der Waals surface area (Å²) in [5, 5.41) is 20.1. The molecule has 0 unspecified atom stereocenters. The van der Waals surface area contributed by atoms with Crippen LogP contribution < -0.4 is 0 Å². The van der Waals surface area contributed by atoms with Gasteiger partial charge in [0.2, 0.25) is 0 Å². The van der Waals surface area contributed by atoms with Crippen molar-refractivity contribution < 1.29 is 14.9 Å². The van der Waals surface area contributed by atoms with Crippen LogP contribution in [0.2, 0.25) is 0 Å². The molecule has 2 aromatic rings. The van der Waals surface area contributed by atoms with Gasteiger partial charge in [-0.2, -0.15) is 0 Å². The van der Waals surface area contributed by atoms with Gasteiger partial charge in [0, 0.05) is 12.6 Å². The van der Waals surface area contributed by atoms with E-state index in [9.17, 15) is 10.2 Å². The maximum absolute atomic E-state index is 10.6. The Kier molecular flexibility index (Phi) is 7.41. The molecule has 3 rings (SSSR count). The fourth-order valence-electron chi connectivity index (χ4n) is 3.91. The van der Waals surface area contributed by atoms with Crippen LogP contribution >= 0.6 is 0 Å². The molecule has 1 aliphatic heterocycles. The molecule has 0 radical (unpaired) electrons. The van der Waals surface area contributed by atoms with E-state index in [2.05, 4.69) is 36.1 Å². The second-order valence-corrected chi connectivity index (χ2v) is 7.46. The zero-order valence-corrected chi connectivity index (χ0v) is 16.1. The van der Waals surface area contributed by atoms with E-state index in [1.165, 1.54) is 5.56 Å². The minimum Gasteiger partial charge on any atom is -0.395 e. The molecule has 1 saturated heterocycles. The predicted octanol–water partition coefficient (Wildman–Crippen LogP) is 3.31. The van der Waals surface area contributed by atoms with Gasteiger partial charge in [0.25, 0.3) is 0 Å². The number of nitrogens with zero attached hydrogens (tertiary/aromatic N) is 1. The number of ether oxygens (including phenoxy) is 1. The standard InChI is InChI=1S/C23H31NO3/c1-18-9-5-6-13-22(18)23(19-10-3-2-4-11-19)27-17-21(26)15-24-14-8-7-12-20(24)16-25/h2-6,9-11,13,20-21,23,25-26H,7-8,12,14-17H2,1H3/t20-,21-,23+/m1/s1. The predicted molar refractivity (Wildman–Crippen MR) is 108 cm³/mol. The molecule has 4 nitrogen and oxygen atoms in total. The van der Waals surface area contributed by atoms with Crippen molar-refractivity contribution in [2.75, 3.05) is 26.3 Å². The number of likely N-dealkylation sites (tertiary alicyclic amines) is 1. The Hall–Kier alpha value is -1.72. The van der Waals surface area contributed by atoms with Crippen LogP contribution in [-0.2, 0) is 4.74 Å². The van der Waals surface area contributed by atoms with Gasteiger partial charge in [-0.1, -0.05) is 61.0 Å². The largest absolute Gasteiger partial charge is 0.395 e. The van der Waals surface area contributed by atoms with Crippen LogP contribution in [0.15, 0.2) is 54.6 Å². The summed E-state index contributed by atoms with van der Waals surface area (Å²) >= 11 is 0. The number of aliphatic hydroxyl groups excluding tert-OH is 2. The summed E-state index contributed by atoms with van der Waals surface area (Å²) in [5.41, 5.74) is 3.39. The van der Waals surface area contributed by atoms with Crippen LogP contribution in [0.5, 0.6) is 0 Å². The van der Waals surface area contributed by atoms with Crippen molar-refractivity contribution in [3.63, 3.8) is 0 Å². The number of benzene rings is 2. The van der Waals surface area contributed by atoms with Gasteiger partial charge in [-0.15, -0.1) is 0 Å². The molecule has 0 aliphatic carbocycles. The number of hydrogen-bond acceptors (Lipinski definition) is 4. The minimum atomic E-state index is -0.576. The van der Waals surface area contributed by atoms with Gasteiger partial charge in [-0.05, 0) is 43.0 Å². The number of aliphatic hydroxyl groups is 2. The molecular weight excluding hydrogens is 338 g/mol. The lowest BCUT2D eigenvalue weighted by Crippen LogP contribution is -2.46. The molecule has 3 atom stereocenters. The lowest BCUT2D eigenvalue weighted by molar-refractivity contribution is -0.0238. The molecule has 1 aliphatic rings. The van der Waals surface area contributed by atoms with E-state index in [0.29, 0.717) is 6.54 Å². The molecule has 146 valence electrons. The average Bonchev–Trinajstić information content (AvgIpc) is 2.70. The minimum absolute atomic E-state index is 0.156. The Morgan fingerprint density at radius 1 is 1.07 bits per heavy atom. The smallest absolute Gasteiger partial charge is 0.108 e. The van der Waals surface area contributed by atoms with E-state index in [0.717, 1.165) is 36.9 Å². The van der Waals surface area contributed by atoms with Gasteiger partial charge in [0.15, 0.2) is 0 Å². The van der Waals surface area contributed by atoms with E-state index < -0.39 is 6.10 Å². The van der Waals surface area contributed by atoms with Gasteiger partial charge in [0.05, 0.1) is 19.3 Å². The molecular formula is C23H31NO3. The van der Waals surface area contributed by atoms with Gasteiger partial charge in [-0.25, -0.2) is 0 Å². The van der Waals surface area contributed by atoms with Crippen molar-refractivity contribution in [1.82, 2.24) is 4.90 Å². The number of aryl methyl sites for hydroxylation is 1. The van der Waals surface area contributed by atoms with Crippen molar-refractivity contribution in [3.05, 3.63) is 71.3 Å². The Morgan fingerprint density at radius 3 is 2.56 bits per heavy atom. The normalized spacial score (nSPS) is 20.3. The van der Waals surface area contributed by atoms with Gasteiger partial charge in [0.1, 0.15) is 6.10 Å². The van der Waals surface area contributed by atoms with Crippen LogP contribution in [0.3, 0.4) is 0 Å². The summed E-state index contributed by atoms with van der Waals surface area (Å²) < 4.78 is 6.23. The zero-order valence-electron chi connectivity index (χ0n) is 16.1. The Balaban J connectivity index is 1.67. The summed E-state index contributed by atoms with van der Waals surface area (Å²) in [4.78, 5) is 2.20. The lowest BCUT2D eigenvalue weighted by atomic mass is 9.97. The molecule has 0 aromatic heterocycles. The third kappa shape index (κ3) is 5.39. The van der Waals surface area contributed by atoms with Crippen molar-refractivity contribution in [3.8, 4) is 0 Å². The molecule has 1 heterocycles. The highest BCUT2D eigenvalue weighted by Gasteiger charge is 2.25. The van der Waals surface area contributed by atoms with E-state index in [1.807, 2.05) is 30.3 Å². The molecule has 2 N–H and O–H groups in total. The van der Waals surface area contributed by atoms with Gasteiger partial charge >= 0.3 is 0 Å². The number of β-amino-alcohol motifs (C(OH)–C–C–N with tert-alkyl or cyclic N) is 1. The molecule has 1 fully saturated rings. The molecule has 2 aromatic carbocycles. The Labute approximate surface area is 162 Å². The lowest BCUT2D eigenvalue weighted by Gasteiger charge is -2.36. The van der Waals surface area contributed by atoms with E-state index in [-0.39, 0.29) is 25.4 Å². The molecule has 4 heteroatoms. The molecule has 0 bridgehead atoms. The van der Waals surface area contributed by atoms with Crippen molar-refractivity contribution >= 4 is 0 Å². The number of rotatable bonds is 8. The number of hydrogen-bond donors (Lipinski definition) is 2. The highest BCUT2D eigenvalue weighted by atomic mass is 16.5. The third-order valence-electron chi connectivity index (χ3n) is 5.43. The van der Waals surface area contributed by atoms with Crippen LogP contribution in [-0.4, -0.2) is 53.6 Å². The first-order valence-electron chi connectivity index (χ1n) is 9.94. The maximum Gasteiger partial charge on any atom is 0.108 e.